The van der Waals surface area contributed by atoms with E-state index < -0.39 is 11.7 Å². The quantitative estimate of drug-likeness (QED) is 0.744. The number of hydrogen-bond acceptors (Lipinski definition) is 4. The molecule has 0 atom stereocenters. The summed E-state index contributed by atoms with van der Waals surface area (Å²) in [5.41, 5.74) is 12.2. The third-order valence-electron chi connectivity index (χ3n) is 3.34. The Hall–Kier alpha value is -2.96. The number of nitrogens with two attached hydrogens (primary N) is 2. The Morgan fingerprint density at radius 2 is 2.05 bits per heavy atom. The molecule has 6 nitrogen and oxygen atoms in total. The van der Waals surface area contributed by atoms with Crippen LogP contribution in [0.15, 0.2) is 30.7 Å². The predicted molar refractivity (Wildman–Crippen MR) is 76.8 cm³/mol. The summed E-state index contributed by atoms with van der Waals surface area (Å²) >= 11 is 0. The van der Waals surface area contributed by atoms with Crippen LogP contribution in [0.4, 0.5) is 10.2 Å². The first-order chi connectivity index (χ1) is 10.0. The van der Waals surface area contributed by atoms with Gasteiger partial charge in [0.05, 0.1) is 10.9 Å². The molecule has 0 aliphatic heterocycles. The predicted octanol–water partition coefficient (Wildman–Crippen LogP) is 1.46. The Morgan fingerprint density at radius 1 is 1.29 bits per heavy atom. The van der Waals surface area contributed by atoms with Gasteiger partial charge >= 0.3 is 0 Å². The van der Waals surface area contributed by atoms with Gasteiger partial charge < -0.3 is 16.0 Å². The molecule has 0 fully saturated rings. The van der Waals surface area contributed by atoms with Crippen molar-refractivity contribution in [3.8, 4) is 11.1 Å². The molecule has 0 unspecified atom stereocenters. The van der Waals surface area contributed by atoms with Crippen LogP contribution in [0.5, 0.6) is 0 Å². The lowest BCUT2D eigenvalue weighted by Crippen LogP contribution is -2.13. The van der Waals surface area contributed by atoms with Crippen molar-refractivity contribution >= 4 is 22.8 Å². The van der Waals surface area contributed by atoms with Crippen molar-refractivity contribution in [3.05, 3.63) is 42.1 Å². The van der Waals surface area contributed by atoms with Crippen LogP contribution in [0.3, 0.4) is 0 Å². The normalized spacial score (nSPS) is 11.0. The van der Waals surface area contributed by atoms with Crippen LogP contribution in [0.2, 0.25) is 0 Å². The maximum Gasteiger partial charge on any atom is 0.251 e. The zero-order chi connectivity index (χ0) is 15.1. The fourth-order valence-electron chi connectivity index (χ4n) is 2.37. The number of halogens is 1. The first kappa shape index (κ1) is 13.0. The lowest BCUT2D eigenvalue weighted by Gasteiger charge is -2.05. The molecule has 3 aromatic rings. The van der Waals surface area contributed by atoms with Crippen molar-refractivity contribution < 1.29 is 9.18 Å². The van der Waals surface area contributed by atoms with E-state index in [0.29, 0.717) is 16.6 Å². The molecule has 1 aromatic carbocycles. The van der Waals surface area contributed by atoms with Crippen LogP contribution in [-0.2, 0) is 7.05 Å². The van der Waals surface area contributed by atoms with Gasteiger partial charge in [-0.05, 0) is 6.07 Å². The van der Waals surface area contributed by atoms with E-state index >= 15 is 0 Å². The third kappa shape index (κ3) is 1.90. The van der Waals surface area contributed by atoms with E-state index in [0.717, 1.165) is 0 Å². The summed E-state index contributed by atoms with van der Waals surface area (Å²) in [6.07, 6.45) is 3.04. The highest BCUT2D eigenvalue weighted by Crippen LogP contribution is 2.34. The minimum absolute atomic E-state index is 0.167. The number of aromatic nitrogens is 3. The lowest BCUT2D eigenvalue weighted by molar-refractivity contribution is 0.0996. The highest BCUT2D eigenvalue weighted by molar-refractivity contribution is 6.02. The molecule has 7 heteroatoms. The van der Waals surface area contributed by atoms with Crippen LogP contribution >= 0.6 is 0 Å². The van der Waals surface area contributed by atoms with Gasteiger partial charge in [-0.2, -0.15) is 0 Å². The number of nitrogens with zero attached hydrogens (tertiary/aromatic N) is 3. The van der Waals surface area contributed by atoms with Crippen molar-refractivity contribution in [2.24, 2.45) is 12.8 Å². The van der Waals surface area contributed by atoms with E-state index in [9.17, 15) is 9.18 Å². The summed E-state index contributed by atoms with van der Waals surface area (Å²) in [5.74, 6) is -1.25. The molecule has 0 saturated carbocycles. The van der Waals surface area contributed by atoms with Crippen LogP contribution < -0.4 is 11.5 Å². The molecule has 4 N–H and O–H groups in total. The molecule has 3 rings (SSSR count). The van der Waals surface area contributed by atoms with Gasteiger partial charge in [0, 0.05) is 24.4 Å². The molecule has 2 aromatic heterocycles. The van der Waals surface area contributed by atoms with E-state index in [1.165, 1.54) is 12.4 Å². The molecule has 2 heterocycles. The number of benzene rings is 1. The molecule has 0 radical (unpaired) electrons. The van der Waals surface area contributed by atoms with Crippen LogP contribution in [0.25, 0.3) is 22.2 Å². The van der Waals surface area contributed by atoms with Gasteiger partial charge in [-0.15, -0.1) is 0 Å². The third-order valence-corrected chi connectivity index (χ3v) is 3.34. The first-order valence-corrected chi connectivity index (χ1v) is 6.15. The zero-order valence-electron chi connectivity index (χ0n) is 11.2. The second-order valence-electron chi connectivity index (χ2n) is 4.64. The van der Waals surface area contributed by atoms with E-state index in [4.69, 9.17) is 11.5 Å². The Kier molecular flexibility index (Phi) is 2.83. The van der Waals surface area contributed by atoms with Crippen molar-refractivity contribution in [2.75, 3.05) is 5.73 Å². The number of anilines is 1. The van der Waals surface area contributed by atoms with E-state index in [1.54, 1.807) is 29.9 Å². The molecule has 1 amide bonds. The number of hydrogen-bond donors (Lipinski definition) is 2. The van der Waals surface area contributed by atoms with Gasteiger partial charge in [0.2, 0.25) is 0 Å². The van der Waals surface area contributed by atoms with Gasteiger partial charge in [-0.3, -0.25) is 4.79 Å². The number of aryl methyl sites for hydroxylation is 1. The Morgan fingerprint density at radius 3 is 2.76 bits per heavy atom. The maximum atomic E-state index is 14.5. The summed E-state index contributed by atoms with van der Waals surface area (Å²) < 4.78 is 16.2. The highest BCUT2D eigenvalue weighted by atomic mass is 19.1. The molecule has 21 heavy (non-hydrogen) atoms. The summed E-state index contributed by atoms with van der Waals surface area (Å²) in [4.78, 5) is 19.3. The highest BCUT2D eigenvalue weighted by Gasteiger charge is 2.19. The number of fused-ring (bicyclic) bond motifs is 1. The average Bonchev–Trinajstić information content (AvgIpc) is 2.77. The van der Waals surface area contributed by atoms with E-state index in [2.05, 4.69) is 9.97 Å². The van der Waals surface area contributed by atoms with Gasteiger partial charge in [0.1, 0.15) is 23.6 Å². The second kappa shape index (κ2) is 4.55. The van der Waals surface area contributed by atoms with Crippen molar-refractivity contribution in [2.45, 2.75) is 0 Å². The Bertz CT molecular complexity index is 871. The SMILES string of the molecule is Cn1cc(-c2cccc(C(N)=O)c2F)c2c(N)ncnc21. The maximum absolute atomic E-state index is 14.5. The van der Waals surface area contributed by atoms with Crippen molar-refractivity contribution in [3.63, 3.8) is 0 Å². The van der Waals surface area contributed by atoms with Crippen molar-refractivity contribution in [1.29, 1.82) is 0 Å². The zero-order valence-corrected chi connectivity index (χ0v) is 11.2. The van der Waals surface area contributed by atoms with Crippen LogP contribution in [-0.4, -0.2) is 20.4 Å². The summed E-state index contributed by atoms with van der Waals surface area (Å²) in [5, 5.41) is 0.542. The molecular weight excluding hydrogens is 273 g/mol. The molecule has 0 aliphatic carbocycles. The topological polar surface area (TPSA) is 99.8 Å². The number of primary amides is 1. The van der Waals surface area contributed by atoms with Gasteiger partial charge in [0.15, 0.2) is 0 Å². The fourth-order valence-corrected chi connectivity index (χ4v) is 2.37. The smallest absolute Gasteiger partial charge is 0.251 e. The Labute approximate surface area is 119 Å². The minimum Gasteiger partial charge on any atom is -0.383 e. The Balaban J connectivity index is 2.37. The molecule has 0 bridgehead atoms. The number of amides is 1. The number of nitrogen functional groups attached to an aromatic ring is 1. The van der Waals surface area contributed by atoms with Gasteiger partial charge in [-0.1, -0.05) is 12.1 Å². The fraction of sp³-hybridized carbons (Fsp3) is 0.0714. The molecular formula is C14H12FN5O. The molecule has 0 aliphatic rings. The standard InChI is InChI=1S/C14H12FN5O/c1-20-5-9(10-12(16)18-6-19-14(10)20)7-3-2-4-8(11(7)15)13(17)21/h2-6H,1H3,(H2,17,21)(H2,16,18,19). The van der Waals surface area contributed by atoms with Crippen LogP contribution in [0, 0.1) is 5.82 Å². The van der Waals surface area contributed by atoms with Gasteiger partial charge in [-0.25, -0.2) is 14.4 Å². The number of carbonyl (C=O) groups is 1. The first-order valence-electron chi connectivity index (χ1n) is 6.15. The number of carbonyl (C=O) groups excluding carboxylic acids is 1. The van der Waals surface area contributed by atoms with E-state index in [1.807, 2.05) is 0 Å². The van der Waals surface area contributed by atoms with E-state index in [-0.39, 0.29) is 16.9 Å². The molecule has 0 spiro atoms. The summed E-state index contributed by atoms with van der Waals surface area (Å²) in [6.45, 7) is 0. The molecule has 106 valence electrons. The van der Waals surface area contributed by atoms with Gasteiger partial charge in [0.25, 0.3) is 5.91 Å². The lowest BCUT2D eigenvalue weighted by atomic mass is 10.0. The second-order valence-corrected chi connectivity index (χ2v) is 4.64. The largest absolute Gasteiger partial charge is 0.383 e. The minimum atomic E-state index is -0.821. The summed E-state index contributed by atoms with van der Waals surface area (Å²) in [6, 6.07) is 4.46. The summed E-state index contributed by atoms with van der Waals surface area (Å²) in [7, 11) is 1.77. The average molecular weight is 285 g/mol. The molecule has 0 saturated heterocycles. The van der Waals surface area contributed by atoms with Crippen molar-refractivity contribution in [1.82, 2.24) is 14.5 Å². The van der Waals surface area contributed by atoms with Crippen LogP contribution in [0.1, 0.15) is 10.4 Å². The number of rotatable bonds is 2. The monoisotopic (exact) mass is 285 g/mol.